The summed E-state index contributed by atoms with van der Waals surface area (Å²) in [6.07, 6.45) is 0. The fourth-order valence-electron chi connectivity index (χ4n) is 7.11. The van der Waals surface area contributed by atoms with E-state index in [1.165, 1.54) is 0 Å². The van der Waals surface area contributed by atoms with E-state index in [9.17, 15) is 0 Å². The predicted molar refractivity (Wildman–Crippen MR) is 221 cm³/mol. The maximum Gasteiger partial charge on any atom is 0.164 e. The molecule has 10 aromatic rings. The molecule has 0 unspecified atom stereocenters. The summed E-state index contributed by atoms with van der Waals surface area (Å²) in [5.74, 6) is 0.527. The standard InChI is InChI=1S/C49H32N4O/c1-5-16-33(17-6-1)34-28-30-39(31-29-34)53(38-23-11-4-12-24-38)45-40-25-14-13-22-37(40)32-42-44-41(26-15-27-43(44)54-46(42)45)49-51-47(35-18-7-2-8-19-35)50-48(52-49)36-20-9-3-10-21-36/h1-32H/i2D,7D,8D,18D,19D. The van der Waals surface area contributed by atoms with Crippen LogP contribution in [-0.2, 0) is 0 Å². The SMILES string of the molecule is [2H]c1c([2H])c([2H])c(-c2nc(-c3ccccc3)nc(-c3cccc4oc5c(N(c6ccccc6)c6ccc(-c7ccccc7)cc6)c6ccccc6cc5c34)n2)c([2H])c1[2H]. The van der Waals surface area contributed by atoms with Gasteiger partial charge in [0.25, 0.3) is 0 Å². The van der Waals surface area contributed by atoms with Gasteiger partial charge in [-0.1, -0.05) is 158 Å². The highest BCUT2D eigenvalue weighted by Crippen LogP contribution is 2.48. The molecule has 5 nitrogen and oxygen atoms in total. The second-order valence-corrected chi connectivity index (χ2v) is 12.9. The molecule has 254 valence electrons. The molecule has 0 atom stereocenters. The van der Waals surface area contributed by atoms with Crippen LogP contribution in [0, 0.1) is 0 Å². The smallest absolute Gasteiger partial charge is 0.164 e. The van der Waals surface area contributed by atoms with Gasteiger partial charge in [0, 0.05) is 44.2 Å². The lowest BCUT2D eigenvalue weighted by atomic mass is 9.99. The highest BCUT2D eigenvalue weighted by atomic mass is 16.3. The van der Waals surface area contributed by atoms with Gasteiger partial charge in [-0.05, 0) is 52.9 Å². The number of fused-ring (bicyclic) bond motifs is 4. The molecule has 54 heavy (non-hydrogen) atoms. The minimum absolute atomic E-state index is 0.0315. The van der Waals surface area contributed by atoms with Crippen LogP contribution in [0.5, 0.6) is 0 Å². The van der Waals surface area contributed by atoms with Gasteiger partial charge in [-0.25, -0.2) is 15.0 Å². The van der Waals surface area contributed by atoms with E-state index in [0.29, 0.717) is 28.1 Å². The molecule has 0 saturated carbocycles. The van der Waals surface area contributed by atoms with Crippen LogP contribution in [0.1, 0.15) is 6.85 Å². The number of para-hydroxylation sites is 1. The monoisotopic (exact) mass is 697 g/mol. The van der Waals surface area contributed by atoms with Crippen molar-refractivity contribution in [3.8, 4) is 45.3 Å². The molecule has 0 radical (unpaired) electrons. The van der Waals surface area contributed by atoms with Crippen molar-refractivity contribution in [3.63, 3.8) is 0 Å². The van der Waals surface area contributed by atoms with Gasteiger partial charge in [-0.2, -0.15) is 0 Å². The van der Waals surface area contributed by atoms with E-state index < -0.39 is 30.2 Å². The molecule has 0 bridgehead atoms. The Morgan fingerprint density at radius 3 is 1.80 bits per heavy atom. The van der Waals surface area contributed by atoms with E-state index in [-0.39, 0.29) is 17.2 Å². The first-order valence-corrected chi connectivity index (χ1v) is 17.6. The Kier molecular flexibility index (Phi) is 6.51. The Balaban J connectivity index is 1.25. The van der Waals surface area contributed by atoms with E-state index in [2.05, 4.69) is 71.6 Å². The quantitative estimate of drug-likeness (QED) is 0.166. The summed E-state index contributed by atoms with van der Waals surface area (Å²) in [5, 5.41) is 3.58. The van der Waals surface area contributed by atoms with Crippen LogP contribution in [0.2, 0.25) is 0 Å². The van der Waals surface area contributed by atoms with Crippen LogP contribution >= 0.6 is 0 Å². The number of rotatable bonds is 7. The number of nitrogens with zero attached hydrogens (tertiary/aromatic N) is 4. The zero-order chi connectivity index (χ0) is 40.2. The summed E-state index contributed by atoms with van der Waals surface area (Å²) in [4.78, 5) is 16.8. The molecule has 2 aromatic heterocycles. The van der Waals surface area contributed by atoms with Crippen molar-refractivity contribution < 1.29 is 11.3 Å². The third kappa shape index (κ3) is 5.56. The normalized spacial score (nSPS) is 12.6. The molecule has 0 aliphatic rings. The van der Waals surface area contributed by atoms with Gasteiger partial charge in [0.15, 0.2) is 23.1 Å². The van der Waals surface area contributed by atoms with Crippen LogP contribution in [-0.4, -0.2) is 15.0 Å². The molecule has 0 N–H and O–H groups in total. The first-order chi connectivity index (χ1) is 28.9. The molecule has 0 fully saturated rings. The third-order valence-electron chi connectivity index (χ3n) is 9.59. The summed E-state index contributed by atoms with van der Waals surface area (Å²) < 4.78 is 49.5. The first-order valence-electron chi connectivity index (χ1n) is 20.1. The Hall–Kier alpha value is -7.37. The second kappa shape index (κ2) is 13.3. The molecule has 10 rings (SSSR count). The molecule has 0 spiro atoms. The average Bonchev–Trinajstić information content (AvgIpc) is 3.67. The second-order valence-electron chi connectivity index (χ2n) is 12.9. The van der Waals surface area contributed by atoms with Crippen molar-refractivity contribution in [3.05, 3.63) is 194 Å². The highest BCUT2D eigenvalue weighted by molar-refractivity contribution is 6.22. The topological polar surface area (TPSA) is 55.1 Å². The Morgan fingerprint density at radius 2 is 1.06 bits per heavy atom. The van der Waals surface area contributed by atoms with Gasteiger partial charge in [0.1, 0.15) is 5.58 Å². The van der Waals surface area contributed by atoms with Crippen molar-refractivity contribution in [1.29, 1.82) is 0 Å². The van der Waals surface area contributed by atoms with Crippen molar-refractivity contribution in [1.82, 2.24) is 15.0 Å². The fourth-order valence-corrected chi connectivity index (χ4v) is 7.11. The number of furan rings is 1. The maximum absolute atomic E-state index is 8.78. The molecule has 0 aliphatic heterocycles. The zero-order valence-corrected chi connectivity index (χ0v) is 28.8. The Bertz CT molecular complexity index is 3190. The zero-order valence-electron chi connectivity index (χ0n) is 33.8. The van der Waals surface area contributed by atoms with E-state index >= 15 is 0 Å². The number of anilines is 3. The molecule has 0 saturated heterocycles. The molecule has 8 aromatic carbocycles. The van der Waals surface area contributed by atoms with Crippen molar-refractivity contribution in [2.24, 2.45) is 0 Å². The van der Waals surface area contributed by atoms with Crippen molar-refractivity contribution in [2.75, 3.05) is 4.90 Å². The number of aromatic nitrogens is 3. The van der Waals surface area contributed by atoms with Crippen molar-refractivity contribution >= 4 is 49.8 Å². The van der Waals surface area contributed by atoms with Gasteiger partial charge in [-0.15, -0.1) is 0 Å². The highest BCUT2D eigenvalue weighted by Gasteiger charge is 2.25. The Morgan fingerprint density at radius 1 is 0.463 bits per heavy atom. The molecular weight excluding hydrogens is 661 g/mol. The molecule has 0 aliphatic carbocycles. The van der Waals surface area contributed by atoms with Gasteiger partial charge in [0.2, 0.25) is 0 Å². The van der Waals surface area contributed by atoms with Crippen LogP contribution in [0.3, 0.4) is 0 Å². The minimum atomic E-state index is -0.490. The van der Waals surface area contributed by atoms with Crippen LogP contribution < -0.4 is 4.90 Å². The van der Waals surface area contributed by atoms with Crippen LogP contribution in [0.4, 0.5) is 17.1 Å². The number of benzene rings is 8. The number of hydrogen-bond acceptors (Lipinski definition) is 5. The number of hydrogen-bond donors (Lipinski definition) is 0. The van der Waals surface area contributed by atoms with Gasteiger partial charge in [-0.3, -0.25) is 0 Å². The molecule has 0 amide bonds. The van der Waals surface area contributed by atoms with Crippen LogP contribution in [0.25, 0.3) is 78.0 Å². The third-order valence-corrected chi connectivity index (χ3v) is 9.59. The molecule has 2 heterocycles. The summed E-state index contributed by atoms with van der Waals surface area (Å²) >= 11 is 0. The molecule has 5 heteroatoms. The van der Waals surface area contributed by atoms with E-state index in [1.54, 1.807) is 0 Å². The lowest BCUT2D eigenvalue weighted by Gasteiger charge is -2.27. The van der Waals surface area contributed by atoms with Gasteiger partial charge >= 0.3 is 0 Å². The fraction of sp³-hybridized carbons (Fsp3) is 0. The summed E-state index contributed by atoms with van der Waals surface area (Å²) in [7, 11) is 0. The van der Waals surface area contributed by atoms with E-state index in [4.69, 9.17) is 26.2 Å². The maximum atomic E-state index is 8.78. The summed E-state index contributed by atoms with van der Waals surface area (Å²) in [6, 6.07) is 52.3. The average molecular weight is 698 g/mol. The molecular formula is C49H32N4O. The van der Waals surface area contributed by atoms with E-state index in [1.807, 2.05) is 97.1 Å². The van der Waals surface area contributed by atoms with Crippen molar-refractivity contribution in [2.45, 2.75) is 0 Å². The summed E-state index contributed by atoms with van der Waals surface area (Å²) in [5.41, 5.74) is 7.46. The van der Waals surface area contributed by atoms with Gasteiger partial charge in [0.05, 0.1) is 12.5 Å². The van der Waals surface area contributed by atoms with E-state index in [0.717, 1.165) is 49.7 Å². The Labute approximate surface area is 319 Å². The lowest BCUT2D eigenvalue weighted by Crippen LogP contribution is -2.10. The van der Waals surface area contributed by atoms with Crippen LogP contribution in [0.15, 0.2) is 198 Å². The minimum Gasteiger partial charge on any atom is -0.454 e. The predicted octanol–water partition coefficient (Wildman–Crippen LogP) is 13.1. The lowest BCUT2D eigenvalue weighted by molar-refractivity contribution is 0.669. The van der Waals surface area contributed by atoms with Gasteiger partial charge < -0.3 is 9.32 Å². The first kappa shape index (κ1) is 26.4. The summed E-state index contributed by atoms with van der Waals surface area (Å²) in [6.45, 7) is 0. The largest absolute Gasteiger partial charge is 0.454 e.